The van der Waals surface area contributed by atoms with Gasteiger partial charge in [0.05, 0.1) is 5.97 Å². The number of hydrogen-bond acceptors (Lipinski definition) is 3. The maximum absolute atomic E-state index is 10.7. The van der Waals surface area contributed by atoms with Crippen LogP contribution in [0.3, 0.4) is 0 Å². The molecule has 0 spiro atoms. The molecule has 17 heavy (non-hydrogen) atoms. The van der Waals surface area contributed by atoms with Crippen molar-refractivity contribution in [1.82, 2.24) is 0 Å². The van der Waals surface area contributed by atoms with Gasteiger partial charge >= 0.3 is 29.6 Å². The summed E-state index contributed by atoms with van der Waals surface area (Å²) in [5.41, 5.74) is 1.06. The number of benzene rings is 2. The number of aromatic hydroxyl groups is 1. The van der Waals surface area contributed by atoms with Crippen LogP contribution in [0.4, 0.5) is 0 Å². The second kappa shape index (κ2) is 5.87. The summed E-state index contributed by atoms with van der Waals surface area (Å²) >= 11 is 0. The van der Waals surface area contributed by atoms with Gasteiger partial charge in [0.25, 0.3) is 0 Å². The van der Waals surface area contributed by atoms with E-state index in [-0.39, 0.29) is 40.9 Å². The van der Waals surface area contributed by atoms with Gasteiger partial charge in [-0.15, -0.1) is 0 Å². The van der Waals surface area contributed by atoms with Crippen LogP contribution >= 0.6 is 0 Å². The van der Waals surface area contributed by atoms with E-state index < -0.39 is 5.97 Å². The quantitative estimate of drug-likeness (QED) is 0.641. The topological polar surface area (TPSA) is 60.4 Å². The van der Waals surface area contributed by atoms with Crippen LogP contribution in [0.15, 0.2) is 48.5 Å². The number of para-hydroxylation sites is 1. The summed E-state index contributed by atoms with van der Waals surface area (Å²) in [4.78, 5) is 10.7. The Balaban J connectivity index is 0.00000144. The molecule has 0 bridgehead atoms. The van der Waals surface area contributed by atoms with E-state index in [0.717, 1.165) is 5.56 Å². The van der Waals surface area contributed by atoms with E-state index in [1.807, 2.05) is 18.2 Å². The molecule has 1 N–H and O–H groups in total. The average molecular weight is 236 g/mol. The van der Waals surface area contributed by atoms with E-state index in [1.54, 1.807) is 24.3 Å². The molecule has 0 aliphatic carbocycles. The monoisotopic (exact) mass is 236 g/mol. The first-order chi connectivity index (χ1) is 7.70. The first-order valence-electron chi connectivity index (χ1n) is 4.79. The first kappa shape index (κ1) is 13.8. The fraction of sp³-hybridized carbons (Fsp3) is 0. The van der Waals surface area contributed by atoms with E-state index in [1.165, 1.54) is 6.07 Å². The van der Waals surface area contributed by atoms with Crippen molar-refractivity contribution in [3.05, 3.63) is 54.1 Å². The van der Waals surface area contributed by atoms with Crippen LogP contribution in [0.2, 0.25) is 0 Å². The standard InChI is InChI=1S/C13H10O3.Na/c14-12-10(9-5-2-1-3-6-9)7-4-8-11(12)13(15)16;/h1-8,14H,(H,15,16);/q;+1/p-1. The molecule has 2 aromatic rings. The molecular weight excluding hydrogens is 227 g/mol. The Morgan fingerprint density at radius 2 is 1.65 bits per heavy atom. The van der Waals surface area contributed by atoms with E-state index in [0.29, 0.717) is 5.56 Å². The first-order valence-corrected chi connectivity index (χ1v) is 4.79. The number of rotatable bonds is 2. The van der Waals surface area contributed by atoms with Crippen molar-refractivity contribution in [3.8, 4) is 16.9 Å². The Bertz CT molecular complexity index is 523. The summed E-state index contributed by atoms with van der Waals surface area (Å²) < 4.78 is 0. The second-order valence-electron chi connectivity index (χ2n) is 3.36. The van der Waals surface area contributed by atoms with Crippen LogP contribution in [0, 0.1) is 0 Å². The average Bonchev–Trinajstić information content (AvgIpc) is 2.30. The van der Waals surface area contributed by atoms with Crippen LogP contribution < -0.4 is 34.7 Å². The van der Waals surface area contributed by atoms with Crippen LogP contribution in [0.25, 0.3) is 11.1 Å². The molecule has 0 aliphatic heterocycles. The predicted molar refractivity (Wildman–Crippen MR) is 57.9 cm³/mol. The summed E-state index contributed by atoms with van der Waals surface area (Å²) in [5.74, 6) is -1.64. The fourth-order valence-electron chi connectivity index (χ4n) is 1.56. The summed E-state index contributed by atoms with van der Waals surface area (Å²) in [5, 5.41) is 20.5. The van der Waals surface area contributed by atoms with Crippen LogP contribution in [0.1, 0.15) is 10.4 Å². The maximum atomic E-state index is 10.7. The van der Waals surface area contributed by atoms with E-state index in [9.17, 15) is 15.0 Å². The fourth-order valence-corrected chi connectivity index (χ4v) is 1.56. The minimum absolute atomic E-state index is 0. The Hall–Kier alpha value is -1.29. The number of aromatic carboxylic acids is 1. The summed E-state index contributed by atoms with van der Waals surface area (Å²) in [6.45, 7) is 0. The maximum Gasteiger partial charge on any atom is 1.00 e. The van der Waals surface area contributed by atoms with Crippen molar-refractivity contribution in [2.24, 2.45) is 0 Å². The van der Waals surface area contributed by atoms with Crippen LogP contribution in [-0.2, 0) is 0 Å². The molecule has 3 nitrogen and oxygen atoms in total. The van der Waals surface area contributed by atoms with Gasteiger partial charge in [0.1, 0.15) is 5.75 Å². The predicted octanol–water partition coefficient (Wildman–Crippen LogP) is -1.57. The number of carbonyl (C=O) groups is 1. The molecular formula is C13H9NaO3. The molecule has 0 fully saturated rings. The molecule has 0 aromatic heterocycles. The normalized spacial score (nSPS) is 9.41. The second-order valence-corrected chi connectivity index (χ2v) is 3.36. The smallest absolute Gasteiger partial charge is 0.545 e. The minimum atomic E-state index is -1.38. The molecule has 0 amide bonds. The molecule has 0 atom stereocenters. The summed E-state index contributed by atoms with van der Waals surface area (Å²) in [6, 6.07) is 13.6. The molecule has 2 rings (SSSR count). The Labute approximate surface area is 121 Å². The van der Waals surface area contributed by atoms with Crippen molar-refractivity contribution in [3.63, 3.8) is 0 Å². The van der Waals surface area contributed by atoms with Gasteiger partial charge in [-0.3, -0.25) is 0 Å². The van der Waals surface area contributed by atoms with Crippen molar-refractivity contribution in [1.29, 1.82) is 0 Å². The van der Waals surface area contributed by atoms with Crippen molar-refractivity contribution in [2.75, 3.05) is 0 Å². The number of carbonyl (C=O) groups excluding carboxylic acids is 1. The zero-order chi connectivity index (χ0) is 11.5. The zero-order valence-corrected chi connectivity index (χ0v) is 11.4. The third kappa shape index (κ3) is 2.88. The van der Waals surface area contributed by atoms with Gasteiger partial charge in [-0.25, -0.2) is 0 Å². The van der Waals surface area contributed by atoms with Crippen molar-refractivity contribution >= 4 is 5.97 Å². The van der Waals surface area contributed by atoms with Gasteiger partial charge in [-0.2, -0.15) is 0 Å². The van der Waals surface area contributed by atoms with Gasteiger partial charge in [-0.1, -0.05) is 42.5 Å². The Morgan fingerprint density at radius 1 is 1.00 bits per heavy atom. The van der Waals surface area contributed by atoms with Gasteiger partial charge in [-0.05, 0) is 11.6 Å². The SMILES string of the molecule is O=C([O-])c1cccc(-c2ccccc2)c1O.[Na+]. The molecule has 80 valence electrons. The number of carboxylic acids is 1. The van der Waals surface area contributed by atoms with Crippen LogP contribution in [0.5, 0.6) is 5.75 Å². The summed E-state index contributed by atoms with van der Waals surface area (Å²) in [7, 11) is 0. The largest absolute Gasteiger partial charge is 1.00 e. The van der Waals surface area contributed by atoms with E-state index >= 15 is 0 Å². The van der Waals surface area contributed by atoms with Crippen molar-refractivity contribution in [2.45, 2.75) is 0 Å². The van der Waals surface area contributed by atoms with Gasteiger partial charge < -0.3 is 15.0 Å². The van der Waals surface area contributed by atoms with Gasteiger partial charge in [0.15, 0.2) is 0 Å². The Kier molecular flexibility index (Phi) is 4.75. The van der Waals surface area contributed by atoms with E-state index in [2.05, 4.69) is 0 Å². The molecule has 0 saturated heterocycles. The van der Waals surface area contributed by atoms with Gasteiger partial charge in [0.2, 0.25) is 0 Å². The third-order valence-corrected chi connectivity index (χ3v) is 2.34. The molecule has 0 saturated carbocycles. The van der Waals surface area contributed by atoms with E-state index in [4.69, 9.17) is 0 Å². The van der Waals surface area contributed by atoms with Crippen molar-refractivity contribution < 1.29 is 44.6 Å². The number of carboxylic acid groups (broad SMARTS) is 1. The minimum Gasteiger partial charge on any atom is -0.545 e. The zero-order valence-electron chi connectivity index (χ0n) is 9.38. The molecule has 0 unspecified atom stereocenters. The molecule has 4 heteroatoms. The molecule has 0 aliphatic rings. The third-order valence-electron chi connectivity index (χ3n) is 2.34. The number of phenols is 1. The Morgan fingerprint density at radius 3 is 2.24 bits per heavy atom. The summed E-state index contributed by atoms with van der Waals surface area (Å²) in [6.07, 6.45) is 0. The number of hydrogen-bond donors (Lipinski definition) is 1. The molecule has 0 radical (unpaired) electrons. The van der Waals surface area contributed by atoms with Crippen LogP contribution in [-0.4, -0.2) is 11.1 Å². The molecule has 0 heterocycles. The van der Waals surface area contributed by atoms with Gasteiger partial charge in [0, 0.05) is 11.1 Å². The molecule has 2 aromatic carbocycles.